The van der Waals surface area contributed by atoms with Crippen molar-refractivity contribution in [1.82, 2.24) is 9.62 Å². The molecule has 29 heavy (non-hydrogen) atoms. The number of benzene rings is 2. The van der Waals surface area contributed by atoms with Crippen molar-refractivity contribution in [1.29, 1.82) is 0 Å². The highest BCUT2D eigenvalue weighted by Gasteiger charge is 2.33. The quantitative estimate of drug-likeness (QED) is 0.753. The van der Waals surface area contributed by atoms with Crippen LogP contribution in [0.5, 0.6) is 5.75 Å². The van der Waals surface area contributed by atoms with E-state index in [1.165, 1.54) is 4.31 Å². The molecule has 1 atom stereocenters. The average Bonchev–Trinajstić information content (AvgIpc) is 2.74. The van der Waals surface area contributed by atoms with Gasteiger partial charge in [-0.1, -0.05) is 30.3 Å². The highest BCUT2D eigenvalue weighted by atomic mass is 32.2. The third-order valence-electron chi connectivity index (χ3n) is 5.15. The molecule has 1 fully saturated rings. The SMILES string of the molecule is CCOc1ccc(S(=O)(=O)N2CCC[C@H](C(=O)NCc3ccccc3)C2)cc1C. The fourth-order valence-corrected chi connectivity index (χ4v) is 5.16. The Kier molecular flexibility index (Phi) is 6.92. The van der Waals surface area contributed by atoms with Crippen LogP contribution in [0.1, 0.15) is 30.9 Å². The Labute approximate surface area is 172 Å². The molecule has 1 heterocycles. The lowest BCUT2D eigenvalue weighted by atomic mass is 9.99. The van der Waals surface area contributed by atoms with E-state index in [0.29, 0.717) is 38.3 Å². The summed E-state index contributed by atoms with van der Waals surface area (Å²) >= 11 is 0. The van der Waals surface area contributed by atoms with E-state index in [-0.39, 0.29) is 23.3 Å². The van der Waals surface area contributed by atoms with Crippen LogP contribution in [-0.4, -0.2) is 38.3 Å². The Hall–Kier alpha value is -2.38. The summed E-state index contributed by atoms with van der Waals surface area (Å²) in [7, 11) is -3.65. The van der Waals surface area contributed by atoms with Crippen LogP contribution >= 0.6 is 0 Å². The molecular weight excluding hydrogens is 388 g/mol. The second kappa shape index (κ2) is 9.41. The van der Waals surface area contributed by atoms with Gasteiger partial charge in [0.15, 0.2) is 0 Å². The second-order valence-corrected chi connectivity index (χ2v) is 9.20. The van der Waals surface area contributed by atoms with Gasteiger partial charge in [0.2, 0.25) is 15.9 Å². The zero-order valence-electron chi connectivity index (χ0n) is 16.9. The van der Waals surface area contributed by atoms with Crippen LogP contribution in [0.25, 0.3) is 0 Å². The Morgan fingerprint density at radius 2 is 1.97 bits per heavy atom. The number of nitrogens with one attached hydrogen (secondary N) is 1. The zero-order valence-corrected chi connectivity index (χ0v) is 17.7. The number of aryl methyl sites for hydroxylation is 1. The van der Waals surface area contributed by atoms with Crippen molar-refractivity contribution in [3.05, 3.63) is 59.7 Å². The predicted octanol–water partition coefficient (Wildman–Crippen LogP) is 3.11. The zero-order chi connectivity index (χ0) is 20.9. The van der Waals surface area contributed by atoms with E-state index in [1.807, 2.05) is 44.2 Å². The first-order valence-corrected chi connectivity index (χ1v) is 11.4. The van der Waals surface area contributed by atoms with E-state index in [4.69, 9.17) is 4.74 Å². The number of hydrogen-bond acceptors (Lipinski definition) is 4. The standard InChI is InChI=1S/C22H28N2O4S/c1-3-28-21-12-11-20(14-17(21)2)29(26,27)24-13-7-10-19(16-24)22(25)23-15-18-8-5-4-6-9-18/h4-6,8-9,11-12,14,19H,3,7,10,13,15-16H2,1-2H3,(H,23,25)/t19-/m0/s1. The molecular formula is C22H28N2O4S. The molecule has 1 saturated heterocycles. The summed E-state index contributed by atoms with van der Waals surface area (Å²) in [6.07, 6.45) is 1.35. The van der Waals surface area contributed by atoms with Crippen LogP contribution in [0.4, 0.5) is 0 Å². The number of rotatable bonds is 7. The molecule has 0 spiro atoms. The molecule has 0 aromatic heterocycles. The Morgan fingerprint density at radius 3 is 2.66 bits per heavy atom. The normalized spacial score (nSPS) is 17.7. The minimum atomic E-state index is -3.65. The molecule has 1 aliphatic heterocycles. The highest BCUT2D eigenvalue weighted by molar-refractivity contribution is 7.89. The molecule has 1 aliphatic rings. The molecule has 6 nitrogen and oxygen atoms in total. The minimum Gasteiger partial charge on any atom is -0.494 e. The van der Waals surface area contributed by atoms with E-state index in [1.54, 1.807) is 18.2 Å². The molecule has 0 radical (unpaired) electrons. The fraction of sp³-hybridized carbons (Fsp3) is 0.409. The van der Waals surface area contributed by atoms with Crippen LogP contribution < -0.4 is 10.1 Å². The molecule has 1 N–H and O–H groups in total. The maximum absolute atomic E-state index is 13.1. The van der Waals surface area contributed by atoms with Gasteiger partial charge in [-0.15, -0.1) is 0 Å². The van der Waals surface area contributed by atoms with Gasteiger partial charge in [-0.25, -0.2) is 8.42 Å². The van der Waals surface area contributed by atoms with Gasteiger partial charge in [0.1, 0.15) is 5.75 Å². The van der Waals surface area contributed by atoms with Crippen molar-refractivity contribution in [2.45, 2.75) is 38.1 Å². The Morgan fingerprint density at radius 1 is 1.21 bits per heavy atom. The number of hydrogen-bond donors (Lipinski definition) is 1. The van der Waals surface area contributed by atoms with Gasteiger partial charge in [0, 0.05) is 19.6 Å². The lowest BCUT2D eigenvalue weighted by molar-refractivity contribution is -0.126. The minimum absolute atomic E-state index is 0.100. The van der Waals surface area contributed by atoms with E-state index in [0.717, 1.165) is 11.1 Å². The van der Waals surface area contributed by atoms with Gasteiger partial charge in [-0.2, -0.15) is 4.31 Å². The van der Waals surface area contributed by atoms with E-state index in [2.05, 4.69) is 5.32 Å². The molecule has 2 aromatic carbocycles. The number of amides is 1. The van der Waals surface area contributed by atoms with Gasteiger partial charge < -0.3 is 10.1 Å². The van der Waals surface area contributed by atoms with Crippen LogP contribution in [0.15, 0.2) is 53.4 Å². The molecule has 156 valence electrons. The van der Waals surface area contributed by atoms with Gasteiger partial charge in [0.05, 0.1) is 17.4 Å². The fourth-order valence-electron chi connectivity index (χ4n) is 3.55. The van der Waals surface area contributed by atoms with Crippen LogP contribution in [0.2, 0.25) is 0 Å². The Balaban J connectivity index is 1.67. The summed E-state index contributed by atoms with van der Waals surface area (Å²) in [4.78, 5) is 12.8. The number of piperidine rings is 1. The first-order chi connectivity index (χ1) is 13.9. The van der Waals surface area contributed by atoms with Gasteiger partial charge in [0.25, 0.3) is 0 Å². The van der Waals surface area contributed by atoms with E-state index < -0.39 is 10.0 Å². The molecule has 0 unspecified atom stereocenters. The lowest BCUT2D eigenvalue weighted by Crippen LogP contribution is -2.45. The molecule has 0 bridgehead atoms. The maximum atomic E-state index is 13.1. The van der Waals surface area contributed by atoms with Crippen molar-refractivity contribution in [2.24, 2.45) is 5.92 Å². The van der Waals surface area contributed by atoms with Crippen LogP contribution in [-0.2, 0) is 21.4 Å². The molecule has 2 aromatic rings. The molecule has 0 aliphatic carbocycles. The number of ether oxygens (including phenoxy) is 1. The summed E-state index contributed by atoms with van der Waals surface area (Å²) in [5, 5.41) is 2.93. The summed E-state index contributed by atoms with van der Waals surface area (Å²) in [5.74, 6) is 0.242. The van der Waals surface area contributed by atoms with Crippen molar-refractivity contribution in [3.63, 3.8) is 0 Å². The number of nitrogens with zero attached hydrogens (tertiary/aromatic N) is 1. The van der Waals surface area contributed by atoms with Crippen LogP contribution in [0, 0.1) is 12.8 Å². The summed E-state index contributed by atoms with van der Waals surface area (Å²) in [6.45, 7) is 5.33. The maximum Gasteiger partial charge on any atom is 0.243 e. The number of carbonyl (C=O) groups is 1. The highest BCUT2D eigenvalue weighted by Crippen LogP contribution is 2.27. The lowest BCUT2D eigenvalue weighted by Gasteiger charge is -2.31. The Bertz CT molecular complexity index is 945. The summed E-state index contributed by atoms with van der Waals surface area (Å²) in [5.41, 5.74) is 1.80. The summed E-state index contributed by atoms with van der Waals surface area (Å²) < 4.78 is 33.1. The van der Waals surface area contributed by atoms with Crippen molar-refractivity contribution >= 4 is 15.9 Å². The summed E-state index contributed by atoms with van der Waals surface area (Å²) in [6, 6.07) is 14.6. The van der Waals surface area contributed by atoms with Crippen LogP contribution in [0.3, 0.4) is 0 Å². The number of sulfonamides is 1. The second-order valence-electron chi connectivity index (χ2n) is 7.27. The van der Waals surface area contributed by atoms with E-state index >= 15 is 0 Å². The van der Waals surface area contributed by atoms with Crippen molar-refractivity contribution in [3.8, 4) is 5.75 Å². The monoisotopic (exact) mass is 416 g/mol. The third-order valence-corrected chi connectivity index (χ3v) is 7.01. The molecule has 7 heteroatoms. The number of carbonyl (C=O) groups excluding carboxylic acids is 1. The average molecular weight is 417 g/mol. The first kappa shape index (κ1) is 21.3. The first-order valence-electron chi connectivity index (χ1n) is 9.97. The largest absolute Gasteiger partial charge is 0.494 e. The van der Waals surface area contributed by atoms with Crippen molar-refractivity contribution < 1.29 is 17.9 Å². The smallest absolute Gasteiger partial charge is 0.243 e. The molecule has 1 amide bonds. The van der Waals surface area contributed by atoms with Gasteiger partial charge >= 0.3 is 0 Å². The van der Waals surface area contributed by atoms with E-state index in [9.17, 15) is 13.2 Å². The topological polar surface area (TPSA) is 75.7 Å². The molecule has 0 saturated carbocycles. The third kappa shape index (κ3) is 5.16. The van der Waals surface area contributed by atoms with Gasteiger partial charge in [-0.3, -0.25) is 4.79 Å². The predicted molar refractivity (Wildman–Crippen MR) is 112 cm³/mol. The van der Waals surface area contributed by atoms with Crippen molar-refractivity contribution in [2.75, 3.05) is 19.7 Å². The molecule has 3 rings (SSSR count). The van der Waals surface area contributed by atoms with Gasteiger partial charge in [-0.05, 0) is 56.0 Å².